The van der Waals surface area contributed by atoms with E-state index in [0.717, 1.165) is 5.61 Å². The van der Waals surface area contributed by atoms with Crippen LogP contribution >= 0.6 is 0 Å². The van der Waals surface area contributed by atoms with E-state index in [0.29, 0.717) is 6.54 Å². The van der Waals surface area contributed by atoms with Gasteiger partial charge in [0.05, 0.1) is 6.54 Å². The molecule has 0 unspecified atom stereocenters. The lowest BCUT2D eigenvalue weighted by Gasteiger charge is -1.73. The molecule has 35 valence electrons. The molecule has 0 atom stereocenters. The van der Waals surface area contributed by atoms with Crippen LogP contribution in [0.2, 0.25) is 0 Å². The molecular formula is C4H5BNO. The molecule has 1 aliphatic heterocycles. The largest absolute Gasteiger partial charge is 0.309 e. The molecule has 0 saturated heterocycles. The Bertz CT molecular complexity index is 130. The molecule has 0 aromatic heterocycles. The Morgan fingerprint density at radius 2 is 2.57 bits per heavy atom. The first kappa shape index (κ1) is 4.56. The quantitative estimate of drug-likeness (QED) is 0.377. The second-order valence-corrected chi connectivity index (χ2v) is 1.57. The molecule has 1 heterocycles. The Labute approximate surface area is 42.9 Å². The molecule has 0 spiro atoms. The number of rotatable bonds is 0. The number of carbonyl (C=O) groups is 1. The van der Waals surface area contributed by atoms with Gasteiger partial charge in [0, 0.05) is 0 Å². The predicted octanol–water partition coefficient (Wildman–Crippen LogP) is -0.351. The highest BCUT2D eigenvalue weighted by atomic mass is 16.1. The van der Waals surface area contributed by atoms with Crippen molar-refractivity contribution in [2.45, 2.75) is 6.92 Å². The van der Waals surface area contributed by atoms with Crippen molar-refractivity contribution < 1.29 is 4.79 Å². The summed E-state index contributed by atoms with van der Waals surface area (Å²) in [5.74, 6) is 0. The zero-order valence-electron chi connectivity index (χ0n) is 4.14. The van der Waals surface area contributed by atoms with Crippen LogP contribution in [-0.4, -0.2) is 25.1 Å². The average Bonchev–Trinajstić information content (AvgIpc) is 1.87. The van der Waals surface area contributed by atoms with E-state index in [1.165, 1.54) is 0 Å². The van der Waals surface area contributed by atoms with Gasteiger partial charge in [-0.1, -0.05) is 0 Å². The monoisotopic (exact) mass is 94.0 g/mol. The van der Waals surface area contributed by atoms with Gasteiger partial charge in [0.25, 0.3) is 7.28 Å². The van der Waals surface area contributed by atoms with Gasteiger partial charge in [-0.2, -0.15) is 0 Å². The maximum atomic E-state index is 10.3. The van der Waals surface area contributed by atoms with Crippen LogP contribution < -0.4 is 0 Å². The molecule has 0 saturated carbocycles. The van der Waals surface area contributed by atoms with E-state index in [1.807, 2.05) is 6.92 Å². The lowest BCUT2D eigenvalue weighted by Crippen LogP contribution is -2.09. The van der Waals surface area contributed by atoms with Crippen molar-refractivity contribution in [1.29, 1.82) is 0 Å². The molecule has 1 rings (SSSR count). The van der Waals surface area contributed by atoms with Crippen LogP contribution in [0.15, 0.2) is 4.99 Å². The molecule has 3 heteroatoms. The highest BCUT2D eigenvalue weighted by Crippen LogP contribution is 1.87. The zero-order valence-corrected chi connectivity index (χ0v) is 4.14. The van der Waals surface area contributed by atoms with Gasteiger partial charge in [-0.05, 0) is 12.5 Å². The van der Waals surface area contributed by atoms with E-state index in [2.05, 4.69) is 4.99 Å². The summed E-state index contributed by atoms with van der Waals surface area (Å²) in [4.78, 5) is 14.1. The lowest BCUT2D eigenvalue weighted by atomic mass is 9.71. The summed E-state index contributed by atoms with van der Waals surface area (Å²) in [5.41, 5.74) is 0.975. The first-order valence-electron chi connectivity index (χ1n) is 2.17. The van der Waals surface area contributed by atoms with Gasteiger partial charge < -0.3 is 4.79 Å². The van der Waals surface area contributed by atoms with Crippen molar-refractivity contribution in [1.82, 2.24) is 0 Å². The van der Waals surface area contributed by atoms with Crippen molar-refractivity contribution in [3.8, 4) is 0 Å². The second kappa shape index (κ2) is 1.48. The van der Waals surface area contributed by atoms with Gasteiger partial charge in [0.15, 0.2) is 0 Å². The smallest absolute Gasteiger partial charge is 0.262 e. The second-order valence-electron chi connectivity index (χ2n) is 1.57. The minimum absolute atomic E-state index is 0.123. The molecular weight excluding hydrogens is 88.9 g/mol. The molecule has 1 aliphatic rings. The number of carbonyl (C=O) groups excluding carboxylic acids is 1. The standard InChI is InChI=1S/C4H5BNO/c1-3-5-4(7)2-6-3/h2H2,1H3. The highest BCUT2D eigenvalue weighted by molar-refractivity contribution is 6.99. The van der Waals surface area contributed by atoms with Crippen molar-refractivity contribution >= 4 is 18.6 Å². The Hall–Kier alpha value is -0.595. The van der Waals surface area contributed by atoms with Crippen molar-refractivity contribution in [2.24, 2.45) is 4.99 Å². The van der Waals surface area contributed by atoms with Crippen LogP contribution in [0.5, 0.6) is 0 Å². The van der Waals surface area contributed by atoms with Gasteiger partial charge in [-0.15, -0.1) is 0 Å². The van der Waals surface area contributed by atoms with Crippen molar-refractivity contribution in [3.05, 3.63) is 0 Å². The van der Waals surface area contributed by atoms with Crippen LogP contribution in [-0.2, 0) is 4.79 Å². The van der Waals surface area contributed by atoms with Gasteiger partial charge >= 0.3 is 0 Å². The molecule has 2 nitrogen and oxygen atoms in total. The van der Waals surface area contributed by atoms with Crippen molar-refractivity contribution in [3.63, 3.8) is 0 Å². The Morgan fingerprint density at radius 1 is 1.86 bits per heavy atom. The topological polar surface area (TPSA) is 29.4 Å². The van der Waals surface area contributed by atoms with Gasteiger partial charge in [0.2, 0.25) is 0 Å². The summed E-state index contributed by atoms with van der Waals surface area (Å²) in [6.45, 7) is 2.19. The van der Waals surface area contributed by atoms with E-state index in [9.17, 15) is 4.79 Å². The first-order chi connectivity index (χ1) is 3.29. The minimum atomic E-state index is 0.123. The number of hydrogen-bond donors (Lipinski definition) is 0. The van der Waals surface area contributed by atoms with E-state index >= 15 is 0 Å². The SMILES string of the molecule is CC1=NCC(=O)[B]1. The minimum Gasteiger partial charge on any atom is -0.309 e. The summed E-state index contributed by atoms with van der Waals surface area (Å²) in [6, 6.07) is 0. The molecule has 0 fully saturated rings. The zero-order chi connectivity index (χ0) is 5.28. The van der Waals surface area contributed by atoms with Crippen molar-refractivity contribution in [2.75, 3.05) is 6.54 Å². The third-order valence-corrected chi connectivity index (χ3v) is 0.854. The summed E-state index contributed by atoms with van der Waals surface area (Å²) in [5, 5.41) is 0. The number of nitrogens with zero attached hydrogens (tertiary/aromatic N) is 1. The normalized spacial score (nSPS) is 19.0. The summed E-state index contributed by atoms with van der Waals surface area (Å²) >= 11 is 0. The van der Waals surface area contributed by atoms with Gasteiger partial charge in [-0.3, -0.25) is 4.99 Å². The van der Waals surface area contributed by atoms with E-state index < -0.39 is 0 Å². The van der Waals surface area contributed by atoms with Gasteiger partial charge in [0.1, 0.15) is 5.68 Å². The Morgan fingerprint density at radius 3 is 2.71 bits per heavy atom. The molecule has 0 N–H and O–H groups in total. The lowest BCUT2D eigenvalue weighted by molar-refractivity contribution is -0.110. The van der Waals surface area contributed by atoms with Crippen LogP contribution in [0.3, 0.4) is 0 Å². The Balaban J connectivity index is 2.58. The Kier molecular flexibility index (Phi) is 0.967. The third kappa shape index (κ3) is 0.887. The molecule has 0 aromatic carbocycles. The number of aliphatic imine (C=N–C) groups is 1. The maximum Gasteiger partial charge on any atom is 0.262 e. The molecule has 0 aliphatic carbocycles. The fourth-order valence-corrected chi connectivity index (χ4v) is 0.527. The van der Waals surface area contributed by atoms with E-state index in [-0.39, 0.29) is 5.68 Å². The fourth-order valence-electron chi connectivity index (χ4n) is 0.527. The highest BCUT2D eigenvalue weighted by Gasteiger charge is 2.11. The van der Waals surface area contributed by atoms with Crippen LogP contribution in [0.1, 0.15) is 6.92 Å². The predicted molar refractivity (Wildman–Crippen MR) is 28.7 cm³/mol. The molecule has 0 amide bonds. The first-order valence-corrected chi connectivity index (χ1v) is 2.17. The van der Waals surface area contributed by atoms with E-state index in [4.69, 9.17) is 0 Å². The third-order valence-electron chi connectivity index (χ3n) is 0.854. The average molecular weight is 93.9 g/mol. The summed E-state index contributed by atoms with van der Waals surface area (Å²) < 4.78 is 0. The molecule has 0 bridgehead atoms. The van der Waals surface area contributed by atoms with Gasteiger partial charge in [-0.25, -0.2) is 0 Å². The molecule has 1 radical (unpaired) electrons. The van der Waals surface area contributed by atoms with Crippen LogP contribution in [0.25, 0.3) is 0 Å². The van der Waals surface area contributed by atoms with E-state index in [1.54, 1.807) is 7.28 Å². The van der Waals surface area contributed by atoms with Crippen LogP contribution in [0.4, 0.5) is 0 Å². The molecule has 7 heavy (non-hydrogen) atoms. The number of hydrogen-bond acceptors (Lipinski definition) is 2. The maximum absolute atomic E-state index is 10.3. The fraction of sp³-hybridized carbons (Fsp3) is 0.500. The summed E-state index contributed by atoms with van der Waals surface area (Å²) in [6.07, 6.45) is 0. The molecule has 0 aromatic rings. The summed E-state index contributed by atoms with van der Waals surface area (Å²) in [7, 11) is 1.56. The van der Waals surface area contributed by atoms with Crippen LogP contribution in [0, 0.1) is 0 Å².